The van der Waals surface area contributed by atoms with Crippen LogP contribution in [0.4, 0.5) is 0 Å². The topological polar surface area (TPSA) is 83.6 Å². The second-order valence-corrected chi connectivity index (χ2v) is 8.84. The van der Waals surface area contributed by atoms with Crippen LogP contribution >= 0.6 is 0 Å². The van der Waals surface area contributed by atoms with Crippen molar-refractivity contribution in [3.8, 4) is 5.75 Å². The molecule has 1 aliphatic carbocycles. The van der Waals surface area contributed by atoms with Gasteiger partial charge in [0.15, 0.2) is 0 Å². The van der Waals surface area contributed by atoms with Gasteiger partial charge in [0, 0.05) is 42.8 Å². The number of carbonyl (C=O) groups excluding carboxylic acids is 2. The molecular formula is C25H28N4O3. The quantitative estimate of drug-likeness (QED) is 0.733. The van der Waals surface area contributed by atoms with Gasteiger partial charge in [-0.05, 0) is 67.5 Å². The Labute approximate surface area is 187 Å². The smallest absolute Gasteiger partial charge is 0.255 e. The van der Waals surface area contributed by atoms with Gasteiger partial charge in [-0.3, -0.25) is 14.6 Å². The van der Waals surface area contributed by atoms with E-state index in [2.05, 4.69) is 28.3 Å². The second-order valence-electron chi connectivity index (χ2n) is 8.84. The van der Waals surface area contributed by atoms with Crippen LogP contribution in [-0.4, -0.2) is 39.9 Å². The number of rotatable bonds is 6. The molecule has 1 aromatic heterocycles. The van der Waals surface area contributed by atoms with Gasteiger partial charge in [-0.2, -0.15) is 0 Å². The molecule has 2 aliphatic heterocycles. The van der Waals surface area contributed by atoms with Crippen molar-refractivity contribution >= 4 is 11.8 Å². The summed E-state index contributed by atoms with van der Waals surface area (Å²) in [6.07, 6.45) is 8.25. The molecule has 32 heavy (non-hydrogen) atoms. The monoisotopic (exact) mass is 432 g/mol. The molecule has 3 heterocycles. The summed E-state index contributed by atoms with van der Waals surface area (Å²) < 4.78 is 6.35. The molecule has 2 N–H and O–H groups in total. The number of piperidine rings is 1. The Morgan fingerprint density at radius 1 is 1.22 bits per heavy atom. The van der Waals surface area contributed by atoms with Gasteiger partial charge >= 0.3 is 0 Å². The Bertz CT molecular complexity index is 1040. The molecule has 1 unspecified atom stereocenters. The van der Waals surface area contributed by atoms with Gasteiger partial charge in [-0.1, -0.05) is 12.6 Å². The lowest BCUT2D eigenvalue weighted by molar-refractivity contribution is -0.126. The minimum Gasteiger partial charge on any atom is -0.489 e. The lowest BCUT2D eigenvalue weighted by Gasteiger charge is -2.30. The van der Waals surface area contributed by atoms with Gasteiger partial charge in [-0.15, -0.1) is 0 Å². The van der Waals surface area contributed by atoms with Crippen molar-refractivity contribution in [3.63, 3.8) is 0 Å². The normalized spacial score (nSPS) is 25.1. The highest BCUT2D eigenvalue weighted by molar-refractivity contribution is 6.01. The van der Waals surface area contributed by atoms with Crippen molar-refractivity contribution in [2.45, 2.75) is 63.4 Å². The molecule has 2 amide bonds. The molecule has 166 valence electrons. The zero-order valence-electron chi connectivity index (χ0n) is 18.0. The van der Waals surface area contributed by atoms with Crippen molar-refractivity contribution < 1.29 is 14.3 Å². The van der Waals surface area contributed by atoms with Crippen LogP contribution in [-0.2, 0) is 17.9 Å². The van der Waals surface area contributed by atoms with Crippen molar-refractivity contribution in [1.82, 2.24) is 20.5 Å². The van der Waals surface area contributed by atoms with Crippen LogP contribution in [0.15, 0.2) is 55.0 Å². The Kier molecular flexibility index (Phi) is 5.66. The number of allylic oxidation sites excluding steroid dienone is 1. The third-order valence-electron chi connectivity index (χ3n) is 6.64. The van der Waals surface area contributed by atoms with E-state index < -0.39 is 6.04 Å². The first-order chi connectivity index (χ1) is 15.6. The predicted molar refractivity (Wildman–Crippen MR) is 120 cm³/mol. The van der Waals surface area contributed by atoms with Crippen molar-refractivity contribution in [2.24, 2.45) is 0 Å². The maximum Gasteiger partial charge on any atom is 0.255 e. The molecule has 7 nitrogen and oxygen atoms in total. The predicted octanol–water partition coefficient (Wildman–Crippen LogP) is 2.92. The third-order valence-corrected chi connectivity index (χ3v) is 6.64. The number of carbonyl (C=O) groups is 2. The average Bonchev–Trinajstić information content (AvgIpc) is 3.37. The molecule has 5 rings (SSSR count). The Balaban J connectivity index is 1.24. The van der Waals surface area contributed by atoms with E-state index in [0.717, 1.165) is 42.7 Å². The summed E-state index contributed by atoms with van der Waals surface area (Å²) in [6, 6.07) is 9.52. The van der Waals surface area contributed by atoms with Crippen LogP contribution in [0.5, 0.6) is 5.75 Å². The summed E-state index contributed by atoms with van der Waals surface area (Å²) in [6.45, 7) is 5.02. The maximum absolute atomic E-state index is 12.9. The number of hydrogen-bond acceptors (Lipinski definition) is 5. The van der Waals surface area contributed by atoms with Gasteiger partial charge in [0.05, 0.1) is 0 Å². The van der Waals surface area contributed by atoms with Crippen molar-refractivity contribution in [3.05, 3.63) is 71.7 Å². The van der Waals surface area contributed by atoms with E-state index >= 15 is 0 Å². The maximum atomic E-state index is 12.9. The number of benzene rings is 1. The van der Waals surface area contributed by atoms with Crippen LogP contribution in [0.25, 0.3) is 0 Å². The van der Waals surface area contributed by atoms with Crippen LogP contribution in [0.2, 0.25) is 0 Å². The summed E-state index contributed by atoms with van der Waals surface area (Å²) in [5.41, 5.74) is 3.45. The number of nitrogens with zero attached hydrogens (tertiary/aromatic N) is 2. The standard InChI is InChI=1S/C25H28N4O3/c1-16-7-10-22(24(30)28-16)29-15-18-12-19(8-9-20(18)25(29)31)32-23-6-2-5-21(23)27-14-17-4-3-11-26-13-17/h3-4,8-9,11-13,21-23,27H,1-2,5-7,10,14-15H2,(H,28,30)/t21-,22?,23+/m0/s1. The second kappa shape index (κ2) is 8.74. The fraction of sp³-hybridized carbons (Fsp3) is 0.400. The van der Waals surface area contributed by atoms with Crippen molar-refractivity contribution in [2.75, 3.05) is 0 Å². The van der Waals surface area contributed by atoms with Gasteiger partial charge < -0.3 is 20.3 Å². The minimum absolute atomic E-state index is 0.0870. The Morgan fingerprint density at radius 2 is 2.12 bits per heavy atom. The highest BCUT2D eigenvalue weighted by atomic mass is 16.5. The highest BCUT2D eigenvalue weighted by Gasteiger charge is 2.38. The van der Waals surface area contributed by atoms with Crippen LogP contribution in [0, 0.1) is 0 Å². The van der Waals surface area contributed by atoms with Gasteiger partial charge in [-0.25, -0.2) is 0 Å². The zero-order valence-corrected chi connectivity index (χ0v) is 18.0. The molecule has 2 fully saturated rings. The van der Waals surface area contributed by atoms with Crippen LogP contribution in [0.1, 0.15) is 53.6 Å². The van der Waals surface area contributed by atoms with E-state index in [0.29, 0.717) is 30.6 Å². The number of nitrogens with one attached hydrogen (secondary N) is 2. The van der Waals surface area contributed by atoms with E-state index in [1.807, 2.05) is 30.5 Å². The largest absolute Gasteiger partial charge is 0.489 e. The number of ether oxygens (including phenoxy) is 1. The van der Waals surface area contributed by atoms with E-state index in [1.165, 1.54) is 0 Å². The SMILES string of the molecule is C=C1CCC(N2Cc3cc(O[C@@H]4CCC[C@@H]4NCc4cccnc4)ccc3C2=O)C(=O)N1. The molecular weight excluding hydrogens is 404 g/mol. The van der Waals surface area contributed by atoms with Gasteiger partial charge in [0.25, 0.3) is 5.91 Å². The Morgan fingerprint density at radius 3 is 2.94 bits per heavy atom. The van der Waals surface area contributed by atoms with Gasteiger partial charge in [0.1, 0.15) is 17.9 Å². The van der Waals surface area contributed by atoms with Crippen LogP contribution < -0.4 is 15.4 Å². The van der Waals surface area contributed by atoms with E-state index in [4.69, 9.17) is 4.74 Å². The molecule has 1 saturated carbocycles. The number of hydrogen-bond donors (Lipinski definition) is 2. The summed E-state index contributed by atoms with van der Waals surface area (Å²) in [4.78, 5) is 31.1. The Hall–Kier alpha value is -3.19. The highest BCUT2D eigenvalue weighted by Crippen LogP contribution is 2.32. The fourth-order valence-electron chi connectivity index (χ4n) is 4.93. The number of amides is 2. The van der Waals surface area contributed by atoms with E-state index in [1.54, 1.807) is 11.1 Å². The average molecular weight is 433 g/mol. The first-order valence-electron chi connectivity index (χ1n) is 11.3. The van der Waals surface area contributed by atoms with Crippen molar-refractivity contribution in [1.29, 1.82) is 0 Å². The minimum atomic E-state index is -0.444. The molecule has 2 aromatic rings. The number of fused-ring (bicyclic) bond motifs is 1. The molecule has 1 saturated heterocycles. The molecule has 0 spiro atoms. The fourth-order valence-corrected chi connectivity index (χ4v) is 4.93. The van der Waals surface area contributed by atoms with Crippen LogP contribution in [0.3, 0.4) is 0 Å². The number of aromatic nitrogens is 1. The summed E-state index contributed by atoms with van der Waals surface area (Å²) in [5, 5.41) is 6.39. The molecule has 7 heteroatoms. The molecule has 3 aliphatic rings. The molecule has 0 radical (unpaired) electrons. The number of pyridine rings is 1. The first kappa shape index (κ1) is 20.7. The van der Waals surface area contributed by atoms with E-state index in [-0.39, 0.29) is 24.0 Å². The summed E-state index contributed by atoms with van der Waals surface area (Å²) in [7, 11) is 0. The lowest BCUT2D eigenvalue weighted by Crippen LogP contribution is -2.49. The first-order valence-corrected chi connectivity index (χ1v) is 11.3. The zero-order chi connectivity index (χ0) is 22.1. The summed E-state index contributed by atoms with van der Waals surface area (Å²) >= 11 is 0. The molecule has 0 bridgehead atoms. The van der Waals surface area contributed by atoms with Gasteiger partial charge in [0.2, 0.25) is 5.91 Å². The van der Waals surface area contributed by atoms with E-state index in [9.17, 15) is 9.59 Å². The molecule has 1 aromatic carbocycles. The lowest BCUT2D eigenvalue weighted by atomic mass is 10.0. The molecule has 3 atom stereocenters. The summed E-state index contributed by atoms with van der Waals surface area (Å²) in [5.74, 6) is 0.545. The third kappa shape index (κ3) is 4.12.